The quantitative estimate of drug-likeness (QED) is 0.917. The molecule has 0 radical (unpaired) electrons. The number of halogens is 2. The van der Waals surface area contributed by atoms with E-state index in [0.29, 0.717) is 0 Å². The minimum atomic E-state index is 0.770. The molecule has 2 nitrogen and oxygen atoms in total. The Hall–Kier alpha value is -0.280. The average Bonchev–Trinajstić information content (AvgIpc) is 2.36. The van der Waals surface area contributed by atoms with E-state index in [1.165, 1.54) is 12.8 Å². The van der Waals surface area contributed by atoms with Gasteiger partial charge in [0.15, 0.2) is 0 Å². The Morgan fingerprint density at radius 3 is 2.33 bits per heavy atom. The molecule has 1 heterocycles. The van der Waals surface area contributed by atoms with Gasteiger partial charge in [-0.05, 0) is 56.9 Å². The summed E-state index contributed by atoms with van der Waals surface area (Å²) in [5.41, 5.74) is 6.66. The van der Waals surface area contributed by atoms with Crippen LogP contribution in [0.25, 0.3) is 0 Å². The van der Waals surface area contributed by atoms with Gasteiger partial charge in [0, 0.05) is 22.2 Å². The molecule has 1 aliphatic heterocycles. The van der Waals surface area contributed by atoms with Gasteiger partial charge in [-0.25, -0.2) is 0 Å². The average molecular weight is 287 g/mol. The topological polar surface area (TPSA) is 29.3 Å². The number of piperidine rings is 1. The Kier molecular flexibility index (Phi) is 5.31. The molecule has 2 N–H and O–H groups in total. The standard InChI is InChI=1S/C14H20Cl2N2/c15-13-2-1-3-14(16)12(13)10-18-8-5-11(4-7-17)6-9-18/h1-3,11H,4-10,17H2. The van der Waals surface area contributed by atoms with Crippen molar-refractivity contribution < 1.29 is 0 Å². The molecule has 1 fully saturated rings. The highest BCUT2D eigenvalue weighted by atomic mass is 35.5. The van der Waals surface area contributed by atoms with Crippen LogP contribution in [0.1, 0.15) is 24.8 Å². The number of hydrogen-bond donors (Lipinski definition) is 1. The Morgan fingerprint density at radius 2 is 1.78 bits per heavy atom. The van der Waals surface area contributed by atoms with E-state index in [0.717, 1.165) is 54.1 Å². The van der Waals surface area contributed by atoms with Crippen molar-refractivity contribution in [2.45, 2.75) is 25.8 Å². The number of nitrogens with zero attached hydrogens (tertiary/aromatic N) is 1. The zero-order valence-corrected chi connectivity index (χ0v) is 12.1. The third-order valence-corrected chi connectivity index (χ3v) is 4.43. The van der Waals surface area contributed by atoms with E-state index in [-0.39, 0.29) is 0 Å². The number of nitrogens with two attached hydrogens (primary N) is 1. The molecule has 0 aromatic heterocycles. The maximum atomic E-state index is 6.20. The van der Waals surface area contributed by atoms with E-state index < -0.39 is 0 Å². The maximum Gasteiger partial charge on any atom is 0.0465 e. The Balaban J connectivity index is 1.92. The third kappa shape index (κ3) is 3.61. The lowest BCUT2D eigenvalue weighted by molar-refractivity contribution is 0.173. The normalized spacial score (nSPS) is 18.2. The van der Waals surface area contributed by atoms with E-state index in [2.05, 4.69) is 4.90 Å². The Morgan fingerprint density at radius 1 is 1.17 bits per heavy atom. The van der Waals surface area contributed by atoms with Crippen molar-refractivity contribution in [1.82, 2.24) is 4.90 Å². The summed E-state index contributed by atoms with van der Waals surface area (Å²) in [6.07, 6.45) is 3.62. The van der Waals surface area contributed by atoms with Crippen LogP contribution in [0.2, 0.25) is 10.0 Å². The highest BCUT2D eigenvalue weighted by molar-refractivity contribution is 6.35. The van der Waals surface area contributed by atoms with Crippen molar-refractivity contribution in [3.8, 4) is 0 Å². The number of benzene rings is 1. The molecule has 0 saturated carbocycles. The molecule has 100 valence electrons. The third-order valence-electron chi connectivity index (χ3n) is 3.73. The van der Waals surface area contributed by atoms with Crippen LogP contribution in [0.3, 0.4) is 0 Å². The largest absolute Gasteiger partial charge is 0.330 e. The summed E-state index contributed by atoms with van der Waals surface area (Å²) in [5.74, 6) is 0.799. The molecule has 0 unspecified atom stereocenters. The lowest BCUT2D eigenvalue weighted by Crippen LogP contribution is -2.34. The fourth-order valence-electron chi connectivity index (χ4n) is 2.58. The van der Waals surface area contributed by atoms with Gasteiger partial charge < -0.3 is 5.73 Å². The zero-order chi connectivity index (χ0) is 13.0. The minimum absolute atomic E-state index is 0.770. The molecule has 2 rings (SSSR count). The SMILES string of the molecule is NCCC1CCN(Cc2c(Cl)cccc2Cl)CC1. The van der Waals surface area contributed by atoms with Crippen LogP contribution >= 0.6 is 23.2 Å². The van der Waals surface area contributed by atoms with Gasteiger partial charge in [0.25, 0.3) is 0 Å². The molecule has 0 bridgehead atoms. The summed E-state index contributed by atoms with van der Waals surface area (Å²) in [6, 6.07) is 5.70. The zero-order valence-electron chi connectivity index (χ0n) is 10.5. The first-order chi connectivity index (χ1) is 8.70. The van der Waals surface area contributed by atoms with E-state index >= 15 is 0 Å². The number of likely N-dealkylation sites (tertiary alicyclic amines) is 1. The molecule has 1 aromatic carbocycles. The monoisotopic (exact) mass is 286 g/mol. The summed E-state index contributed by atoms with van der Waals surface area (Å²) in [7, 11) is 0. The van der Waals surface area contributed by atoms with Gasteiger partial charge in [-0.15, -0.1) is 0 Å². The van der Waals surface area contributed by atoms with Crippen molar-refractivity contribution >= 4 is 23.2 Å². The van der Waals surface area contributed by atoms with Gasteiger partial charge in [-0.1, -0.05) is 29.3 Å². The van der Waals surface area contributed by atoms with E-state index in [4.69, 9.17) is 28.9 Å². The smallest absolute Gasteiger partial charge is 0.0465 e. The lowest BCUT2D eigenvalue weighted by atomic mass is 9.93. The predicted molar refractivity (Wildman–Crippen MR) is 78.1 cm³/mol. The molecule has 0 aliphatic carbocycles. The summed E-state index contributed by atoms with van der Waals surface area (Å²) in [4.78, 5) is 2.43. The maximum absolute atomic E-state index is 6.20. The molecule has 18 heavy (non-hydrogen) atoms. The molecule has 0 amide bonds. The Labute approximate surface area is 119 Å². The van der Waals surface area contributed by atoms with Crippen LogP contribution in [-0.4, -0.2) is 24.5 Å². The van der Waals surface area contributed by atoms with E-state index in [1.54, 1.807) is 0 Å². The summed E-state index contributed by atoms with van der Waals surface area (Å²) < 4.78 is 0. The summed E-state index contributed by atoms with van der Waals surface area (Å²) in [6.45, 7) is 3.90. The van der Waals surface area contributed by atoms with Crippen molar-refractivity contribution in [2.24, 2.45) is 11.7 Å². The first kappa shape index (κ1) is 14.1. The predicted octanol–water partition coefficient (Wildman–Crippen LogP) is 3.55. The van der Waals surface area contributed by atoms with E-state index in [1.807, 2.05) is 18.2 Å². The van der Waals surface area contributed by atoms with Crippen LogP contribution < -0.4 is 5.73 Å². The van der Waals surface area contributed by atoms with Gasteiger partial charge in [0.1, 0.15) is 0 Å². The second-order valence-corrected chi connectivity index (χ2v) is 5.81. The molecule has 1 aliphatic rings. The molecule has 4 heteroatoms. The highest BCUT2D eigenvalue weighted by Gasteiger charge is 2.19. The lowest BCUT2D eigenvalue weighted by Gasteiger charge is -2.32. The second kappa shape index (κ2) is 6.76. The Bertz CT molecular complexity index is 367. The van der Waals surface area contributed by atoms with Crippen LogP contribution in [0, 0.1) is 5.92 Å². The van der Waals surface area contributed by atoms with Gasteiger partial charge >= 0.3 is 0 Å². The highest BCUT2D eigenvalue weighted by Crippen LogP contribution is 2.28. The van der Waals surface area contributed by atoms with Gasteiger partial charge in [-0.3, -0.25) is 4.90 Å². The number of hydrogen-bond acceptors (Lipinski definition) is 2. The van der Waals surface area contributed by atoms with E-state index in [9.17, 15) is 0 Å². The van der Waals surface area contributed by atoms with Gasteiger partial charge in [0.05, 0.1) is 0 Å². The molecular weight excluding hydrogens is 267 g/mol. The minimum Gasteiger partial charge on any atom is -0.330 e. The first-order valence-electron chi connectivity index (χ1n) is 6.56. The van der Waals surface area contributed by atoms with Crippen LogP contribution in [0.15, 0.2) is 18.2 Å². The van der Waals surface area contributed by atoms with Gasteiger partial charge in [0.2, 0.25) is 0 Å². The molecular formula is C14H20Cl2N2. The fourth-order valence-corrected chi connectivity index (χ4v) is 3.09. The van der Waals surface area contributed by atoms with Gasteiger partial charge in [-0.2, -0.15) is 0 Å². The summed E-state index contributed by atoms with van der Waals surface area (Å²) >= 11 is 12.4. The molecule has 1 aromatic rings. The van der Waals surface area contributed by atoms with Crippen molar-refractivity contribution in [2.75, 3.05) is 19.6 Å². The fraction of sp³-hybridized carbons (Fsp3) is 0.571. The van der Waals surface area contributed by atoms with Crippen LogP contribution in [0.4, 0.5) is 0 Å². The molecule has 0 atom stereocenters. The van der Waals surface area contributed by atoms with Crippen LogP contribution in [-0.2, 0) is 6.54 Å². The summed E-state index contributed by atoms with van der Waals surface area (Å²) in [5, 5.41) is 1.54. The molecule has 0 spiro atoms. The molecule has 1 saturated heterocycles. The second-order valence-electron chi connectivity index (χ2n) is 5.00. The number of rotatable bonds is 4. The van der Waals surface area contributed by atoms with Crippen LogP contribution in [0.5, 0.6) is 0 Å². The van der Waals surface area contributed by atoms with Crippen molar-refractivity contribution in [1.29, 1.82) is 0 Å². The van der Waals surface area contributed by atoms with Crippen molar-refractivity contribution in [3.63, 3.8) is 0 Å². The van der Waals surface area contributed by atoms with Crippen molar-refractivity contribution in [3.05, 3.63) is 33.8 Å². The first-order valence-corrected chi connectivity index (χ1v) is 7.31.